The van der Waals surface area contributed by atoms with Crippen molar-refractivity contribution < 1.29 is 9.53 Å². The molecule has 0 amide bonds. The Morgan fingerprint density at radius 1 is 1.12 bits per heavy atom. The largest absolute Gasteiger partial charge is 0.425 e. The van der Waals surface area contributed by atoms with Crippen LogP contribution < -0.4 is 28.7 Å². The molecule has 0 aromatic carbocycles. The molecular weight excluding hydrogens is 210 g/mol. The predicted octanol–water partition coefficient (Wildman–Crippen LogP) is -1.72. The molecule has 16 heavy (non-hydrogen) atoms. The van der Waals surface area contributed by atoms with Gasteiger partial charge in [0.25, 0.3) is 0 Å². The van der Waals surface area contributed by atoms with Crippen LogP contribution in [0.2, 0.25) is 0 Å². The minimum absolute atomic E-state index is 0.0193. The zero-order valence-corrected chi connectivity index (χ0v) is 9.12. The molecule has 0 saturated carbocycles. The molecule has 0 aromatic rings. The molecule has 0 aliphatic carbocycles. The summed E-state index contributed by atoms with van der Waals surface area (Å²) in [4.78, 5) is 10.7. The number of ether oxygens (including phenoxy) is 1. The molecule has 0 atom stereocenters. The average molecular weight is 227 g/mol. The molecule has 0 bridgehead atoms. The first-order chi connectivity index (χ1) is 7.31. The lowest BCUT2D eigenvalue weighted by molar-refractivity contribution is -0.136. The zero-order chi connectivity index (χ0) is 12.9. The molecule has 0 aromatic heterocycles. The van der Waals surface area contributed by atoms with Crippen LogP contribution in [0.4, 0.5) is 0 Å². The predicted molar refractivity (Wildman–Crippen MR) is 60.8 cm³/mol. The van der Waals surface area contributed by atoms with Crippen LogP contribution in [0, 0.1) is 0 Å². The molecule has 0 saturated heterocycles. The number of carbonyl (C=O) groups excluding carboxylic acids is 1. The van der Waals surface area contributed by atoms with Gasteiger partial charge in [-0.3, -0.25) is 4.79 Å². The summed E-state index contributed by atoms with van der Waals surface area (Å²) in [5, 5.41) is 0. The van der Waals surface area contributed by atoms with E-state index in [0.29, 0.717) is 0 Å². The van der Waals surface area contributed by atoms with E-state index in [1.807, 2.05) is 0 Å². The van der Waals surface area contributed by atoms with Crippen molar-refractivity contribution in [2.24, 2.45) is 28.7 Å². The molecule has 0 rings (SSSR count). The molecule has 0 heterocycles. The summed E-state index contributed by atoms with van der Waals surface area (Å²) in [5.74, 6) is -0.645. The van der Waals surface area contributed by atoms with E-state index in [0.717, 1.165) is 0 Å². The van der Waals surface area contributed by atoms with Gasteiger partial charge in [0.05, 0.1) is 17.1 Å². The molecule has 0 aliphatic rings. The second-order valence-electron chi connectivity index (χ2n) is 2.99. The van der Waals surface area contributed by atoms with E-state index in [9.17, 15) is 4.79 Å². The summed E-state index contributed by atoms with van der Waals surface area (Å²) in [6.45, 7) is 4.68. The van der Waals surface area contributed by atoms with Crippen LogP contribution in [0.1, 0.15) is 6.92 Å². The van der Waals surface area contributed by atoms with E-state index in [-0.39, 0.29) is 35.1 Å². The molecule has 10 N–H and O–H groups in total. The van der Waals surface area contributed by atoms with Gasteiger partial charge in [-0.15, -0.1) is 0 Å². The summed E-state index contributed by atoms with van der Waals surface area (Å²) in [5.41, 5.74) is 27.7. The second-order valence-corrected chi connectivity index (χ2v) is 2.99. The van der Waals surface area contributed by atoms with Gasteiger partial charge in [0, 0.05) is 19.2 Å². The van der Waals surface area contributed by atoms with Crippen molar-refractivity contribution in [2.45, 2.75) is 6.92 Å². The van der Waals surface area contributed by atoms with Gasteiger partial charge < -0.3 is 33.4 Å². The average Bonchev–Trinajstić information content (AvgIpc) is 2.23. The molecule has 0 spiro atoms. The topological polar surface area (TPSA) is 156 Å². The van der Waals surface area contributed by atoms with Crippen LogP contribution in [-0.2, 0) is 9.53 Å². The van der Waals surface area contributed by atoms with Gasteiger partial charge in [-0.25, -0.2) is 0 Å². The zero-order valence-electron chi connectivity index (χ0n) is 9.12. The maximum Gasteiger partial charge on any atom is 0.308 e. The number of rotatable bonds is 4. The lowest BCUT2D eigenvalue weighted by atomic mass is 10.2. The monoisotopic (exact) mass is 227 g/mol. The quantitative estimate of drug-likeness (QED) is 0.217. The van der Waals surface area contributed by atoms with Crippen molar-refractivity contribution in [3.8, 4) is 0 Å². The van der Waals surface area contributed by atoms with Gasteiger partial charge in [-0.05, 0) is 0 Å². The van der Waals surface area contributed by atoms with Crippen LogP contribution in [-0.4, -0.2) is 12.5 Å². The van der Waals surface area contributed by atoms with Gasteiger partial charge in [0.1, 0.15) is 5.76 Å². The van der Waals surface area contributed by atoms with Crippen LogP contribution in [0.3, 0.4) is 0 Å². The maximum absolute atomic E-state index is 10.7. The third-order valence-electron chi connectivity index (χ3n) is 1.71. The maximum atomic E-state index is 10.7. The molecular formula is C9H17N5O2. The van der Waals surface area contributed by atoms with E-state index < -0.39 is 5.97 Å². The minimum atomic E-state index is -0.560. The van der Waals surface area contributed by atoms with Gasteiger partial charge in [0.2, 0.25) is 0 Å². The van der Waals surface area contributed by atoms with Gasteiger partial charge in [0.15, 0.2) is 0 Å². The fraction of sp³-hybridized carbons (Fsp3) is 0.222. The SMILES string of the molecule is C=C(OC(C)=O)/C(N)=C(N)\C(N)=C(\N)CN. The Bertz CT molecular complexity index is 370. The highest BCUT2D eigenvalue weighted by atomic mass is 16.5. The highest BCUT2D eigenvalue weighted by molar-refractivity contribution is 5.68. The summed E-state index contributed by atoms with van der Waals surface area (Å²) < 4.78 is 4.65. The van der Waals surface area contributed by atoms with Gasteiger partial charge in [-0.2, -0.15) is 0 Å². The van der Waals surface area contributed by atoms with E-state index >= 15 is 0 Å². The third-order valence-corrected chi connectivity index (χ3v) is 1.71. The number of esters is 1. The van der Waals surface area contributed by atoms with E-state index in [2.05, 4.69) is 11.3 Å². The Morgan fingerprint density at radius 2 is 1.62 bits per heavy atom. The van der Waals surface area contributed by atoms with Crippen molar-refractivity contribution >= 4 is 5.97 Å². The Balaban J connectivity index is 5.11. The first kappa shape index (κ1) is 13.8. The number of carbonyl (C=O) groups is 1. The first-order valence-corrected chi connectivity index (χ1v) is 4.38. The van der Waals surface area contributed by atoms with Crippen LogP contribution in [0.5, 0.6) is 0 Å². The smallest absolute Gasteiger partial charge is 0.308 e. The molecule has 0 unspecified atom stereocenters. The van der Waals surface area contributed by atoms with Crippen LogP contribution in [0.25, 0.3) is 0 Å². The molecule has 0 aliphatic heterocycles. The number of nitrogens with two attached hydrogens (primary N) is 5. The fourth-order valence-corrected chi connectivity index (χ4v) is 0.807. The number of hydrogen-bond donors (Lipinski definition) is 5. The summed E-state index contributed by atoms with van der Waals surface area (Å²) >= 11 is 0. The van der Waals surface area contributed by atoms with E-state index in [4.69, 9.17) is 28.7 Å². The molecule has 7 heteroatoms. The molecule has 0 fully saturated rings. The minimum Gasteiger partial charge on any atom is -0.425 e. The van der Waals surface area contributed by atoms with E-state index in [1.165, 1.54) is 6.92 Å². The van der Waals surface area contributed by atoms with Crippen molar-refractivity contribution in [3.05, 3.63) is 35.1 Å². The Hall–Kier alpha value is -2.15. The van der Waals surface area contributed by atoms with Crippen molar-refractivity contribution in [1.29, 1.82) is 0 Å². The van der Waals surface area contributed by atoms with Crippen molar-refractivity contribution in [2.75, 3.05) is 6.54 Å². The van der Waals surface area contributed by atoms with E-state index in [1.54, 1.807) is 0 Å². The Kier molecular flexibility index (Phi) is 4.90. The standard InChI is InChI=1S/C9H17N5O2/c1-4(16-5(2)15)7(12)9(14)8(13)6(11)3-10/h1,3,10-14H2,2H3/b8-6-,9-7-. The summed E-state index contributed by atoms with van der Waals surface area (Å²) in [6.07, 6.45) is 0. The van der Waals surface area contributed by atoms with Gasteiger partial charge in [-0.1, -0.05) is 6.58 Å². The van der Waals surface area contributed by atoms with Gasteiger partial charge >= 0.3 is 5.97 Å². The second kappa shape index (κ2) is 5.66. The fourth-order valence-electron chi connectivity index (χ4n) is 0.807. The highest BCUT2D eigenvalue weighted by Gasteiger charge is 2.11. The third kappa shape index (κ3) is 3.54. The van der Waals surface area contributed by atoms with Crippen LogP contribution >= 0.6 is 0 Å². The summed E-state index contributed by atoms with van der Waals surface area (Å²) in [7, 11) is 0. The number of hydrogen-bond acceptors (Lipinski definition) is 7. The molecule has 90 valence electrons. The lowest BCUT2D eigenvalue weighted by Gasteiger charge is -2.11. The lowest BCUT2D eigenvalue weighted by Crippen LogP contribution is -2.25. The van der Waals surface area contributed by atoms with Crippen molar-refractivity contribution in [1.82, 2.24) is 0 Å². The normalized spacial score (nSPS) is 13.6. The first-order valence-electron chi connectivity index (χ1n) is 4.38. The molecule has 0 radical (unpaired) electrons. The van der Waals surface area contributed by atoms with Crippen LogP contribution in [0.15, 0.2) is 35.1 Å². The molecule has 7 nitrogen and oxygen atoms in total. The highest BCUT2D eigenvalue weighted by Crippen LogP contribution is 2.10. The summed E-state index contributed by atoms with van der Waals surface area (Å²) in [6, 6.07) is 0. The Labute approximate surface area is 93.6 Å². The van der Waals surface area contributed by atoms with Crippen molar-refractivity contribution in [3.63, 3.8) is 0 Å². The Morgan fingerprint density at radius 3 is 2.00 bits per heavy atom.